The van der Waals surface area contributed by atoms with E-state index in [0.717, 1.165) is 50.2 Å². The van der Waals surface area contributed by atoms with Gasteiger partial charge in [-0.15, -0.1) is 28.6 Å². The van der Waals surface area contributed by atoms with Crippen molar-refractivity contribution in [3.8, 4) is 5.82 Å². The van der Waals surface area contributed by atoms with Gasteiger partial charge in [-0.2, -0.15) is 30.3 Å². The Morgan fingerprint density at radius 2 is 1.21 bits per heavy atom. The third-order valence-corrected chi connectivity index (χ3v) is 12.6. The van der Waals surface area contributed by atoms with Gasteiger partial charge >= 0.3 is 0 Å². The minimum atomic E-state index is -0.741. The number of para-hydroxylation sites is 1. The number of fused-ring (bicyclic) bond motifs is 3. The zero-order chi connectivity index (χ0) is 39.4. The summed E-state index contributed by atoms with van der Waals surface area (Å²) in [5, 5.41) is 2.34. The van der Waals surface area contributed by atoms with E-state index in [1.165, 1.54) is 39.0 Å². The van der Waals surface area contributed by atoms with Crippen molar-refractivity contribution < 1.29 is 21.1 Å². The van der Waals surface area contributed by atoms with E-state index in [1.807, 2.05) is 6.20 Å². The summed E-state index contributed by atoms with van der Waals surface area (Å²) in [4.78, 5) is 5.00. The summed E-state index contributed by atoms with van der Waals surface area (Å²) < 4.78 is 3.80. The van der Waals surface area contributed by atoms with Gasteiger partial charge < -0.3 is 13.5 Å². The van der Waals surface area contributed by atoms with Gasteiger partial charge in [-0.3, -0.25) is 0 Å². The van der Waals surface area contributed by atoms with Crippen molar-refractivity contribution in [3.05, 3.63) is 204 Å². The number of nitrogens with zero attached hydrogens (tertiary/aromatic N) is 4. The third kappa shape index (κ3) is 5.63. The molecular formula is C53H49N4Pt-. The van der Waals surface area contributed by atoms with E-state index >= 15 is 0 Å². The number of pyridine rings is 1. The third-order valence-electron chi connectivity index (χ3n) is 12.6. The number of hydrogen-bond acceptors (Lipinski definition) is 1. The fourth-order valence-electron chi connectivity index (χ4n) is 9.73. The molecule has 1 saturated heterocycles. The zero-order valence-corrected chi connectivity index (χ0v) is 36.6. The number of rotatable bonds is 6. The largest absolute Gasteiger partial charge is 0.325 e. The van der Waals surface area contributed by atoms with Gasteiger partial charge in [0.2, 0.25) is 0 Å². The summed E-state index contributed by atoms with van der Waals surface area (Å²) in [7, 11) is 2.34. The van der Waals surface area contributed by atoms with E-state index in [9.17, 15) is 0 Å². The maximum atomic E-state index is 5.00. The fourth-order valence-corrected chi connectivity index (χ4v) is 9.73. The van der Waals surface area contributed by atoms with Gasteiger partial charge in [-0.05, 0) is 56.7 Å². The van der Waals surface area contributed by atoms with Crippen LogP contribution in [-0.2, 0) is 37.3 Å². The Morgan fingerprint density at radius 1 is 0.586 bits per heavy atom. The zero-order valence-electron chi connectivity index (χ0n) is 34.3. The first kappa shape index (κ1) is 38.4. The summed E-state index contributed by atoms with van der Waals surface area (Å²) in [5.74, 6) is 0.896. The molecule has 5 heterocycles. The maximum Gasteiger partial charge on any atom is 0.179 e. The van der Waals surface area contributed by atoms with Gasteiger partial charge in [0.25, 0.3) is 0 Å². The van der Waals surface area contributed by atoms with Crippen LogP contribution >= 0.6 is 0 Å². The van der Waals surface area contributed by atoms with E-state index in [-0.39, 0.29) is 31.9 Å². The molecule has 0 unspecified atom stereocenters. The van der Waals surface area contributed by atoms with Crippen molar-refractivity contribution in [2.45, 2.75) is 57.8 Å². The Labute approximate surface area is 357 Å². The second-order valence-electron chi connectivity index (χ2n) is 18.4. The normalized spacial score (nSPS) is 18.8. The van der Waals surface area contributed by atoms with Crippen LogP contribution in [0.15, 0.2) is 152 Å². The van der Waals surface area contributed by atoms with Crippen LogP contribution in [0.1, 0.15) is 74.9 Å². The van der Waals surface area contributed by atoms with E-state index < -0.39 is 5.41 Å². The van der Waals surface area contributed by atoms with Crippen LogP contribution in [0.5, 0.6) is 0 Å². The second kappa shape index (κ2) is 13.5. The quantitative estimate of drug-likeness (QED) is 0.0923. The SMILES string of the molecule is CC(C)(C)c1ccnc(-n2c3[c-]c(C(c4[c-]c([N@@+]56[CH-][N@@+](C)(C5)c5cc(C(C)(C)C)ccc56)ccc4)(c4ccccc4)c4ccccc4)ccc3c3ccccc32)c1.[Pt]. The molecular weight excluding hydrogens is 888 g/mol. The molecule has 4 nitrogen and oxygen atoms in total. The van der Waals surface area contributed by atoms with Crippen molar-refractivity contribution in [2.24, 2.45) is 0 Å². The molecule has 0 saturated carbocycles. The molecule has 0 N–H and O–H groups in total. The number of quaternary nitrogens is 2. The van der Waals surface area contributed by atoms with Crippen LogP contribution in [0.3, 0.4) is 0 Å². The van der Waals surface area contributed by atoms with Crippen LogP contribution in [0, 0.1) is 18.8 Å². The number of hydrogen-bond donors (Lipinski definition) is 0. The molecule has 6 aromatic carbocycles. The molecule has 2 aromatic heterocycles. The number of aromatic nitrogens is 2. The van der Waals surface area contributed by atoms with Gasteiger partial charge in [-0.1, -0.05) is 132 Å². The average molecular weight is 937 g/mol. The molecule has 3 aliphatic heterocycles. The maximum absolute atomic E-state index is 5.00. The summed E-state index contributed by atoms with van der Waals surface area (Å²) >= 11 is 0. The van der Waals surface area contributed by atoms with Crippen LogP contribution in [0.25, 0.3) is 27.6 Å². The van der Waals surface area contributed by atoms with Gasteiger partial charge in [0.05, 0.1) is 13.7 Å². The predicted octanol–water partition coefficient (Wildman–Crippen LogP) is 12.4. The summed E-state index contributed by atoms with van der Waals surface area (Å²) in [6.45, 7) is 17.1. The first-order chi connectivity index (χ1) is 27.3. The molecule has 2 atom stereocenters. The van der Waals surface area contributed by atoms with E-state index in [0.29, 0.717) is 4.48 Å². The van der Waals surface area contributed by atoms with Crippen molar-refractivity contribution in [1.82, 2.24) is 18.5 Å². The molecule has 0 aliphatic carbocycles. The first-order valence-corrected chi connectivity index (χ1v) is 20.2. The molecule has 1 fully saturated rings. The molecule has 2 bridgehead atoms. The van der Waals surface area contributed by atoms with Gasteiger partial charge in [0.15, 0.2) is 18.0 Å². The van der Waals surface area contributed by atoms with Crippen LogP contribution in [0.4, 0.5) is 17.1 Å². The van der Waals surface area contributed by atoms with Crippen molar-refractivity contribution in [1.29, 1.82) is 0 Å². The molecule has 0 amide bonds. The van der Waals surface area contributed by atoms with E-state index in [4.69, 9.17) is 4.98 Å². The van der Waals surface area contributed by atoms with Crippen LogP contribution in [-0.4, -0.2) is 23.3 Å². The molecule has 5 heteroatoms. The standard InChI is InChI=1S/C53H49N4.Pt/c1-51(2,3)39-26-28-48-49(33-39)56(7)35-57(48,36-56)43-22-16-21-41(31-43)53(37-17-10-8-11-18-37,38-19-12-9-13-20-38)42-25-27-45-44-23-14-15-24-46(44)55(47(45)32-42)50-34-40(29-30-54-50)52(4,5)6;/h8-30,33-35H,36H2,1-7H3;/q-1;/t56-,57+;/m0./s1. The Bertz CT molecular complexity index is 2800. The van der Waals surface area contributed by atoms with Gasteiger partial charge in [0.1, 0.15) is 5.82 Å². The molecule has 0 radical (unpaired) electrons. The predicted molar refractivity (Wildman–Crippen MR) is 237 cm³/mol. The molecule has 0 spiro atoms. The van der Waals surface area contributed by atoms with Crippen molar-refractivity contribution in [3.63, 3.8) is 0 Å². The second-order valence-corrected chi connectivity index (χ2v) is 18.4. The Balaban J connectivity index is 0.00000436. The summed E-state index contributed by atoms with van der Waals surface area (Å²) in [5.41, 5.74) is 12.4. The van der Waals surface area contributed by atoms with Gasteiger partial charge in [-0.25, -0.2) is 4.98 Å². The van der Waals surface area contributed by atoms with Crippen molar-refractivity contribution in [2.75, 3.05) is 13.7 Å². The number of benzene rings is 6. The van der Waals surface area contributed by atoms with E-state index in [1.54, 1.807) is 0 Å². The monoisotopic (exact) mass is 936 g/mol. The molecule has 3 aliphatic rings. The topological polar surface area (TPSA) is 17.8 Å². The Kier molecular flexibility index (Phi) is 8.91. The molecule has 58 heavy (non-hydrogen) atoms. The van der Waals surface area contributed by atoms with Crippen LogP contribution < -0.4 is 8.97 Å². The Hall–Kier alpha value is -5.12. The fraction of sp³-hybridized carbons (Fsp3) is 0.208. The molecule has 292 valence electrons. The van der Waals surface area contributed by atoms with Crippen LogP contribution in [0.2, 0.25) is 0 Å². The minimum absolute atomic E-state index is 0. The smallest absolute Gasteiger partial charge is 0.179 e. The average Bonchev–Trinajstić information content (AvgIpc) is 3.77. The van der Waals surface area contributed by atoms with Gasteiger partial charge in [0, 0.05) is 56.0 Å². The summed E-state index contributed by atoms with van der Waals surface area (Å²) in [6, 6.07) is 61.8. The van der Waals surface area contributed by atoms with Crippen molar-refractivity contribution >= 4 is 38.9 Å². The molecule has 8 aromatic rings. The minimum Gasteiger partial charge on any atom is -0.325 e. The summed E-state index contributed by atoms with van der Waals surface area (Å²) in [6.07, 6.45) is 1.95. The first-order valence-electron chi connectivity index (χ1n) is 20.2. The Morgan fingerprint density at radius 3 is 1.88 bits per heavy atom. The molecule has 11 rings (SSSR count). The van der Waals surface area contributed by atoms with E-state index in [2.05, 4.69) is 218 Å².